The van der Waals surface area contributed by atoms with E-state index in [1.54, 1.807) is 0 Å². The molecule has 3 heterocycles. The fraction of sp³-hybridized carbons (Fsp3) is 0.318. The van der Waals surface area contributed by atoms with E-state index in [4.69, 9.17) is 0 Å². The van der Waals surface area contributed by atoms with Crippen LogP contribution in [0.2, 0.25) is 0 Å². The molecule has 158 valence electrons. The standard InChI is InChI=1S/C22H24N8O/c1-3-7-19(31)22-24-20(30(27-22)12-4-2)13-15-10-11-18(23-14-15)16-8-5-6-9-17(16)21-25-28-29-26-21/h5-6,8-11,14H,3-4,7,12-13H2,1-2H3,(H,25,26,28,29). The minimum absolute atomic E-state index is 0.00871. The SMILES string of the molecule is CCCC(=O)c1nc(Cc2ccc(-c3ccccc3-c3nnn[nH]3)nc2)n(CCC)n1. The number of hydrogen-bond donors (Lipinski definition) is 1. The van der Waals surface area contributed by atoms with Crippen molar-refractivity contribution >= 4 is 5.78 Å². The molecule has 0 aliphatic heterocycles. The summed E-state index contributed by atoms with van der Waals surface area (Å²) in [5.74, 6) is 1.68. The summed E-state index contributed by atoms with van der Waals surface area (Å²) >= 11 is 0. The molecule has 0 fully saturated rings. The molecule has 0 radical (unpaired) electrons. The van der Waals surface area contributed by atoms with Crippen LogP contribution in [-0.2, 0) is 13.0 Å². The average molecular weight is 416 g/mol. The number of aromatic nitrogens is 8. The van der Waals surface area contributed by atoms with Gasteiger partial charge >= 0.3 is 0 Å². The van der Waals surface area contributed by atoms with Gasteiger partial charge in [0.2, 0.25) is 11.6 Å². The van der Waals surface area contributed by atoms with E-state index in [-0.39, 0.29) is 5.78 Å². The summed E-state index contributed by atoms with van der Waals surface area (Å²) in [6.07, 6.45) is 4.57. The van der Waals surface area contributed by atoms with Gasteiger partial charge in [0, 0.05) is 36.7 Å². The molecule has 0 atom stereocenters. The number of nitrogens with zero attached hydrogens (tertiary/aromatic N) is 7. The van der Waals surface area contributed by atoms with Crippen LogP contribution in [0.5, 0.6) is 0 Å². The molecule has 9 heteroatoms. The Bertz CT molecular complexity index is 1150. The minimum Gasteiger partial charge on any atom is -0.291 e. The summed E-state index contributed by atoms with van der Waals surface area (Å²) in [4.78, 5) is 21.4. The van der Waals surface area contributed by atoms with Crippen molar-refractivity contribution in [1.82, 2.24) is 40.4 Å². The second kappa shape index (κ2) is 9.38. The number of nitrogens with one attached hydrogen (secondary N) is 1. The molecule has 1 aromatic carbocycles. The lowest BCUT2D eigenvalue weighted by molar-refractivity contribution is 0.0971. The summed E-state index contributed by atoms with van der Waals surface area (Å²) in [7, 11) is 0. The maximum Gasteiger partial charge on any atom is 0.217 e. The first kappa shape index (κ1) is 20.5. The van der Waals surface area contributed by atoms with Gasteiger partial charge in [-0.3, -0.25) is 9.78 Å². The Morgan fingerprint density at radius 1 is 1.06 bits per heavy atom. The Labute approximate surface area is 180 Å². The molecular weight excluding hydrogens is 392 g/mol. The minimum atomic E-state index is -0.00871. The number of H-pyrrole nitrogens is 1. The first-order valence-electron chi connectivity index (χ1n) is 10.4. The molecule has 0 bridgehead atoms. The van der Waals surface area contributed by atoms with Crippen molar-refractivity contribution in [2.45, 2.75) is 46.1 Å². The smallest absolute Gasteiger partial charge is 0.217 e. The van der Waals surface area contributed by atoms with Crippen LogP contribution in [-0.4, -0.2) is 46.2 Å². The van der Waals surface area contributed by atoms with Crippen molar-refractivity contribution in [3.05, 3.63) is 59.8 Å². The summed E-state index contributed by atoms with van der Waals surface area (Å²) in [6.45, 7) is 4.79. The molecule has 3 aromatic heterocycles. The van der Waals surface area contributed by atoms with Crippen LogP contribution in [0, 0.1) is 0 Å². The zero-order valence-corrected chi connectivity index (χ0v) is 17.6. The van der Waals surface area contributed by atoms with Gasteiger partial charge in [-0.2, -0.15) is 0 Å². The maximum absolute atomic E-state index is 12.2. The fourth-order valence-corrected chi connectivity index (χ4v) is 3.41. The highest BCUT2D eigenvalue weighted by atomic mass is 16.1. The quantitative estimate of drug-likeness (QED) is 0.415. The Kier molecular flexibility index (Phi) is 6.21. The number of ketones is 1. The van der Waals surface area contributed by atoms with Gasteiger partial charge in [0.15, 0.2) is 5.82 Å². The van der Waals surface area contributed by atoms with Gasteiger partial charge in [-0.1, -0.05) is 44.2 Å². The highest BCUT2D eigenvalue weighted by molar-refractivity contribution is 5.92. The van der Waals surface area contributed by atoms with E-state index in [0.717, 1.165) is 47.6 Å². The third-order valence-corrected chi connectivity index (χ3v) is 4.90. The largest absolute Gasteiger partial charge is 0.291 e. The fourth-order valence-electron chi connectivity index (χ4n) is 3.41. The number of rotatable bonds is 9. The highest BCUT2D eigenvalue weighted by Crippen LogP contribution is 2.28. The van der Waals surface area contributed by atoms with Crippen molar-refractivity contribution in [3.8, 4) is 22.6 Å². The van der Waals surface area contributed by atoms with Gasteiger partial charge in [0.05, 0.1) is 5.69 Å². The molecule has 4 aromatic rings. The van der Waals surface area contributed by atoms with E-state index in [0.29, 0.717) is 24.5 Å². The number of carbonyl (C=O) groups is 1. The van der Waals surface area contributed by atoms with Gasteiger partial charge < -0.3 is 0 Å². The molecule has 0 aliphatic rings. The lowest BCUT2D eigenvalue weighted by Crippen LogP contribution is -2.06. The molecule has 9 nitrogen and oxygen atoms in total. The van der Waals surface area contributed by atoms with Crippen molar-refractivity contribution in [1.29, 1.82) is 0 Å². The number of hydrogen-bond acceptors (Lipinski definition) is 7. The summed E-state index contributed by atoms with van der Waals surface area (Å²) in [5, 5.41) is 18.6. The van der Waals surface area contributed by atoms with Gasteiger partial charge in [-0.25, -0.2) is 14.8 Å². The van der Waals surface area contributed by atoms with Gasteiger partial charge in [-0.15, -0.1) is 10.2 Å². The van der Waals surface area contributed by atoms with E-state index in [1.807, 2.05) is 54.2 Å². The summed E-state index contributed by atoms with van der Waals surface area (Å²) in [5.41, 5.74) is 3.65. The first-order chi connectivity index (χ1) is 15.2. The molecule has 0 unspecified atom stereocenters. The second-order valence-electron chi connectivity index (χ2n) is 7.27. The Morgan fingerprint density at radius 2 is 1.90 bits per heavy atom. The second-order valence-corrected chi connectivity index (χ2v) is 7.27. The molecular formula is C22H24N8O. The summed E-state index contributed by atoms with van der Waals surface area (Å²) in [6, 6.07) is 11.8. The van der Waals surface area contributed by atoms with E-state index in [9.17, 15) is 4.79 Å². The monoisotopic (exact) mass is 416 g/mol. The number of pyridine rings is 1. The van der Waals surface area contributed by atoms with Crippen molar-refractivity contribution < 1.29 is 4.79 Å². The highest BCUT2D eigenvalue weighted by Gasteiger charge is 2.16. The molecule has 0 saturated carbocycles. The van der Waals surface area contributed by atoms with Crippen molar-refractivity contribution in [2.75, 3.05) is 0 Å². The van der Waals surface area contributed by atoms with Crippen molar-refractivity contribution in [3.63, 3.8) is 0 Å². The van der Waals surface area contributed by atoms with E-state index in [2.05, 4.69) is 42.6 Å². The summed E-state index contributed by atoms with van der Waals surface area (Å²) < 4.78 is 1.84. The normalized spacial score (nSPS) is 11.0. The van der Waals surface area contributed by atoms with Crippen LogP contribution in [0.4, 0.5) is 0 Å². The number of aromatic amines is 1. The average Bonchev–Trinajstić information content (AvgIpc) is 3.46. The van der Waals surface area contributed by atoms with Crippen LogP contribution in [0.1, 0.15) is 55.1 Å². The third kappa shape index (κ3) is 4.55. The van der Waals surface area contributed by atoms with Gasteiger partial charge in [0.25, 0.3) is 0 Å². The predicted molar refractivity (Wildman–Crippen MR) is 115 cm³/mol. The topological polar surface area (TPSA) is 115 Å². The molecule has 0 aliphatic carbocycles. The number of Topliss-reactive ketones (excluding diaryl/α,β-unsaturated/α-hetero) is 1. The van der Waals surface area contributed by atoms with Gasteiger partial charge in [0.1, 0.15) is 5.82 Å². The number of tetrazole rings is 1. The van der Waals surface area contributed by atoms with Crippen LogP contribution in [0.15, 0.2) is 42.6 Å². The van der Waals surface area contributed by atoms with Crippen molar-refractivity contribution in [2.24, 2.45) is 0 Å². The maximum atomic E-state index is 12.2. The lowest BCUT2D eigenvalue weighted by atomic mass is 10.0. The van der Waals surface area contributed by atoms with Gasteiger partial charge in [-0.05, 0) is 34.9 Å². The van der Waals surface area contributed by atoms with E-state index in [1.165, 1.54) is 0 Å². The molecule has 31 heavy (non-hydrogen) atoms. The molecule has 0 saturated heterocycles. The Hall–Kier alpha value is -3.75. The van der Waals surface area contributed by atoms with Crippen LogP contribution in [0.3, 0.4) is 0 Å². The Morgan fingerprint density at radius 3 is 2.58 bits per heavy atom. The Balaban J connectivity index is 1.58. The number of aryl methyl sites for hydroxylation is 1. The first-order valence-corrected chi connectivity index (χ1v) is 10.4. The number of benzene rings is 1. The number of carbonyl (C=O) groups excluding carboxylic acids is 1. The predicted octanol–water partition coefficient (Wildman–Crippen LogP) is 3.50. The van der Waals surface area contributed by atoms with E-state index < -0.39 is 0 Å². The van der Waals surface area contributed by atoms with Crippen LogP contribution < -0.4 is 0 Å². The molecule has 4 rings (SSSR count). The molecule has 0 spiro atoms. The zero-order chi connectivity index (χ0) is 21.6. The molecule has 0 amide bonds. The zero-order valence-electron chi connectivity index (χ0n) is 17.6. The molecule has 1 N–H and O–H groups in total. The third-order valence-electron chi connectivity index (χ3n) is 4.90. The lowest BCUT2D eigenvalue weighted by Gasteiger charge is -2.08. The van der Waals surface area contributed by atoms with E-state index >= 15 is 0 Å². The van der Waals surface area contributed by atoms with Crippen LogP contribution >= 0.6 is 0 Å². The van der Waals surface area contributed by atoms with Crippen LogP contribution in [0.25, 0.3) is 22.6 Å².